The molecule has 0 saturated heterocycles. The first-order valence-electron chi connectivity index (χ1n) is 7.10. The highest BCUT2D eigenvalue weighted by atomic mass is 16.4. The molecule has 0 amide bonds. The monoisotopic (exact) mass is 260 g/mol. The number of benzene rings is 1. The second kappa shape index (κ2) is 4.99. The Balaban J connectivity index is 2.36. The first-order valence-corrected chi connectivity index (χ1v) is 7.10. The fourth-order valence-electron chi connectivity index (χ4n) is 3.23. The Kier molecular flexibility index (Phi) is 3.71. The molecule has 1 fully saturated rings. The van der Waals surface area contributed by atoms with Crippen molar-refractivity contribution < 1.29 is 9.90 Å². The molecule has 0 bridgehead atoms. The molecule has 2 heteroatoms. The molecule has 0 spiro atoms. The highest BCUT2D eigenvalue weighted by molar-refractivity contribution is 5.71. The van der Waals surface area contributed by atoms with Crippen molar-refractivity contribution in [2.75, 3.05) is 0 Å². The lowest BCUT2D eigenvalue weighted by Gasteiger charge is -2.39. The van der Waals surface area contributed by atoms with Gasteiger partial charge in [0.15, 0.2) is 0 Å². The predicted octanol–water partition coefficient (Wildman–Crippen LogP) is 4.30. The zero-order valence-electron chi connectivity index (χ0n) is 12.4. The van der Waals surface area contributed by atoms with Gasteiger partial charge >= 0.3 is 5.97 Å². The third kappa shape index (κ3) is 2.99. The average molecular weight is 260 g/mol. The number of aryl methyl sites for hydroxylation is 2. The van der Waals surface area contributed by atoms with Gasteiger partial charge in [0.25, 0.3) is 0 Å². The van der Waals surface area contributed by atoms with Crippen molar-refractivity contribution in [2.24, 2.45) is 11.3 Å². The largest absolute Gasteiger partial charge is 0.481 e. The lowest BCUT2D eigenvalue weighted by molar-refractivity contribution is -0.144. The Morgan fingerprint density at radius 1 is 1.26 bits per heavy atom. The molecule has 1 aromatic rings. The summed E-state index contributed by atoms with van der Waals surface area (Å²) in [4.78, 5) is 11.5. The van der Waals surface area contributed by atoms with Gasteiger partial charge in [0.2, 0.25) is 0 Å². The van der Waals surface area contributed by atoms with E-state index in [1.54, 1.807) is 0 Å². The molecular weight excluding hydrogens is 236 g/mol. The molecule has 0 aliphatic heterocycles. The van der Waals surface area contributed by atoms with Crippen LogP contribution in [-0.4, -0.2) is 11.1 Å². The molecule has 1 aliphatic carbocycles. The second-order valence-corrected chi connectivity index (χ2v) is 6.80. The van der Waals surface area contributed by atoms with E-state index < -0.39 is 5.97 Å². The Bertz CT molecular complexity index is 488. The van der Waals surface area contributed by atoms with Gasteiger partial charge in [-0.2, -0.15) is 0 Å². The normalized spacial score (nSPS) is 26.1. The van der Waals surface area contributed by atoms with Crippen LogP contribution in [-0.2, 0) is 4.79 Å². The fraction of sp³-hybridized carbons (Fsp3) is 0.588. The molecule has 104 valence electrons. The van der Waals surface area contributed by atoms with Gasteiger partial charge < -0.3 is 5.11 Å². The summed E-state index contributed by atoms with van der Waals surface area (Å²) < 4.78 is 0. The van der Waals surface area contributed by atoms with Crippen LogP contribution in [0.3, 0.4) is 0 Å². The van der Waals surface area contributed by atoms with Gasteiger partial charge in [-0.25, -0.2) is 0 Å². The topological polar surface area (TPSA) is 37.3 Å². The quantitative estimate of drug-likeness (QED) is 0.861. The van der Waals surface area contributed by atoms with Crippen LogP contribution in [0.25, 0.3) is 0 Å². The van der Waals surface area contributed by atoms with Gasteiger partial charge in [-0.3, -0.25) is 4.79 Å². The highest BCUT2D eigenvalue weighted by Gasteiger charge is 2.39. The van der Waals surface area contributed by atoms with Crippen LogP contribution >= 0.6 is 0 Å². The van der Waals surface area contributed by atoms with E-state index in [0.29, 0.717) is 0 Å². The van der Waals surface area contributed by atoms with Crippen molar-refractivity contribution in [3.05, 3.63) is 34.9 Å². The van der Waals surface area contributed by atoms with Crippen LogP contribution in [0.2, 0.25) is 0 Å². The van der Waals surface area contributed by atoms with Crippen LogP contribution < -0.4 is 0 Å². The van der Waals surface area contributed by atoms with Crippen molar-refractivity contribution in [3.63, 3.8) is 0 Å². The standard InChI is InChI=1S/C17H24O2/c1-11-5-6-13(9-12(11)2)15-10-17(3,4)8-7-14(15)16(18)19/h5-6,9,14-15H,7-8,10H2,1-4H3,(H,18,19). The third-order valence-electron chi connectivity index (χ3n) is 4.67. The maximum Gasteiger partial charge on any atom is 0.307 e. The summed E-state index contributed by atoms with van der Waals surface area (Å²) in [7, 11) is 0. The summed E-state index contributed by atoms with van der Waals surface area (Å²) in [5, 5.41) is 9.46. The van der Waals surface area contributed by atoms with E-state index in [1.807, 2.05) is 0 Å². The minimum Gasteiger partial charge on any atom is -0.481 e. The van der Waals surface area contributed by atoms with Gasteiger partial charge in [0.05, 0.1) is 5.92 Å². The summed E-state index contributed by atoms with van der Waals surface area (Å²) in [6.07, 6.45) is 2.76. The number of hydrogen-bond donors (Lipinski definition) is 1. The summed E-state index contributed by atoms with van der Waals surface area (Å²) >= 11 is 0. The van der Waals surface area contributed by atoms with Crippen LogP contribution in [0.5, 0.6) is 0 Å². The molecule has 1 aliphatic rings. The van der Waals surface area contributed by atoms with Crippen LogP contribution in [0.4, 0.5) is 0 Å². The predicted molar refractivity (Wildman–Crippen MR) is 77.4 cm³/mol. The van der Waals surface area contributed by atoms with Crippen molar-refractivity contribution >= 4 is 5.97 Å². The van der Waals surface area contributed by atoms with Crippen molar-refractivity contribution in [3.8, 4) is 0 Å². The zero-order chi connectivity index (χ0) is 14.2. The second-order valence-electron chi connectivity index (χ2n) is 6.80. The molecule has 2 unspecified atom stereocenters. The molecule has 1 saturated carbocycles. The van der Waals surface area contributed by atoms with E-state index in [2.05, 4.69) is 45.9 Å². The molecule has 19 heavy (non-hydrogen) atoms. The number of aliphatic carboxylic acids is 1. The Morgan fingerprint density at radius 3 is 2.53 bits per heavy atom. The van der Waals surface area contributed by atoms with Gasteiger partial charge in [-0.1, -0.05) is 32.0 Å². The highest BCUT2D eigenvalue weighted by Crippen LogP contribution is 2.47. The lowest BCUT2D eigenvalue weighted by Crippen LogP contribution is -2.33. The summed E-state index contributed by atoms with van der Waals surface area (Å²) in [5.74, 6) is -0.714. The van der Waals surface area contributed by atoms with E-state index in [1.165, 1.54) is 16.7 Å². The Morgan fingerprint density at radius 2 is 1.95 bits per heavy atom. The van der Waals surface area contributed by atoms with Crippen molar-refractivity contribution in [2.45, 2.75) is 52.9 Å². The molecule has 0 radical (unpaired) electrons. The van der Waals surface area contributed by atoms with E-state index >= 15 is 0 Å². The van der Waals surface area contributed by atoms with Crippen LogP contribution in [0.15, 0.2) is 18.2 Å². The SMILES string of the molecule is Cc1ccc(C2CC(C)(C)CCC2C(=O)O)cc1C. The van der Waals surface area contributed by atoms with Gasteiger partial charge in [0.1, 0.15) is 0 Å². The molecule has 1 aromatic carbocycles. The molecule has 0 aromatic heterocycles. The molecule has 2 nitrogen and oxygen atoms in total. The van der Waals surface area contributed by atoms with Crippen LogP contribution in [0, 0.1) is 25.2 Å². The van der Waals surface area contributed by atoms with Gasteiger partial charge in [-0.15, -0.1) is 0 Å². The van der Waals surface area contributed by atoms with E-state index in [-0.39, 0.29) is 17.3 Å². The minimum atomic E-state index is -0.640. The van der Waals surface area contributed by atoms with Crippen LogP contribution in [0.1, 0.15) is 55.7 Å². The Hall–Kier alpha value is -1.31. The average Bonchev–Trinajstić information content (AvgIpc) is 2.31. The van der Waals surface area contributed by atoms with Crippen molar-refractivity contribution in [1.82, 2.24) is 0 Å². The Labute approximate surface area is 115 Å². The van der Waals surface area contributed by atoms with Gasteiger partial charge in [-0.05, 0) is 61.1 Å². The van der Waals surface area contributed by atoms with E-state index in [9.17, 15) is 9.90 Å². The van der Waals surface area contributed by atoms with Gasteiger partial charge in [0, 0.05) is 0 Å². The molecule has 2 rings (SSSR count). The molecule has 2 atom stereocenters. The smallest absolute Gasteiger partial charge is 0.307 e. The minimum absolute atomic E-state index is 0.153. The number of rotatable bonds is 2. The summed E-state index contributed by atoms with van der Waals surface area (Å²) in [5.41, 5.74) is 3.97. The fourth-order valence-corrected chi connectivity index (χ4v) is 3.23. The van der Waals surface area contributed by atoms with Crippen molar-refractivity contribution in [1.29, 1.82) is 0 Å². The maximum absolute atomic E-state index is 11.5. The maximum atomic E-state index is 11.5. The number of hydrogen-bond acceptors (Lipinski definition) is 1. The van der Waals surface area contributed by atoms with E-state index in [4.69, 9.17) is 0 Å². The lowest BCUT2D eigenvalue weighted by atomic mass is 9.65. The molecule has 1 N–H and O–H groups in total. The summed E-state index contributed by atoms with van der Waals surface area (Å²) in [6.45, 7) is 8.69. The number of carboxylic acids is 1. The third-order valence-corrected chi connectivity index (χ3v) is 4.67. The molecule has 0 heterocycles. The number of carboxylic acid groups (broad SMARTS) is 1. The zero-order valence-corrected chi connectivity index (χ0v) is 12.4. The summed E-state index contributed by atoms with van der Waals surface area (Å²) in [6, 6.07) is 6.41. The first kappa shape index (κ1) is 14.1. The molecular formula is C17H24O2. The first-order chi connectivity index (χ1) is 8.80. The number of carbonyl (C=O) groups is 1. The van der Waals surface area contributed by atoms with E-state index in [0.717, 1.165) is 19.3 Å².